The Bertz CT molecular complexity index is 1080. The number of benzene rings is 2. The fourth-order valence-corrected chi connectivity index (χ4v) is 5.58. The number of nitrogens with one attached hydrogen (secondary N) is 2. The van der Waals surface area contributed by atoms with Crippen LogP contribution in [0.4, 0.5) is 10.1 Å². The van der Waals surface area contributed by atoms with Gasteiger partial charge in [0, 0.05) is 54.5 Å². The lowest BCUT2D eigenvalue weighted by Gasteiger charge is -2.41. The lowest BCUT2D eigenvalue weighted by Crippen LogP contribution is -2.54. The van der Waals surface area contributed by atoms with Crippen molar-refractivity contribution in [3.8, 4) is 0 Å². The Labute approximate surface area is 196 Å². The van der Waals surface area contributed by atoms with E-state index in [1.54, 1.807) is 0 Å². The second-order valence-electron chi connectivity index (χ2n) is 9.60. The van der Waals surface area contributed by atoms with Crippen molar-refractivity contribution in [3.63, 3.8) is 0 Å². The highest BCUT2D eigenvalue weighted by atomic mass is 19.1. The molecule has 0 bridgehead atoms. The molecule has 1 saturated heterocycles. The van der Waals surface area contributed by atoms with Crippen molar-refractivity contribution in [1.82, 2.24) is 14.8 Å². The van der Waals surface area contributed by atoms with E-state index in [0.717, 1.165) is 44.7 Å². The van der Waals surface area contributed by atoms with E-state index in [1.807, 2.05) is 6.08 Å². The SMILES string of the molecule is C=CCCN1[C@H](c2ccc(NC3CN(CCCF)C3)cc2)c2[nH]c3ccccc3c2C[C@H]1C. The molecule has 0 spiro atoms. The Morgan fingerprint density at radius 1 is 1.12 bits per heavy atom. The minimum Gasteiger partial charge on any atom is -0.380 e. The summed E-state index contributed by atoms with van der Waals surface area (Å²) in [6.07, 6.45) is 4.70. The number of H-pyrrole nitrogens is 1. The number of halogens is 1. The van der Waals surface area contributed by atoms with E-state index in [0.29, 0.717) is 18.5 Å². The summed E-state index contributed by atoms with van der Waals surface area (Å²) in [4.78, 5) is 8.69. The van der Waals surface area contributed by atoms with Crippen LogP contribution in [-0.4, -0.2) is 59.7 Å². The molecule has 4 nitrogen and oxygen atoms in total. The van der Waals surface area contributed by atoms with Crippen molar-refractivity contribution in [2.75, 3.05) is 38.2 Å². The number of para-hydroxylation sites is 1. The maximum absolute atomic E-state index is 12.4. The fraction of sp³-hybridized carbons (Fsp3) is 0.429. The van der Waals surface area contributed by atoms with Gasteiger partial charge < -0.3 is 10.3 Å². The van der Waals surface area contributed by atoms with Gasteiger partial charge in [-0.05, 0) is 55.5 Å². The number of fused-ring (bicyclic) bond motifs is 3. The lowest BCUT2D eigenvalue weighted by atomic mass is 9.88. The minimum atomic E-state index is -0.224. The van der Waals surface area contributed by atoms with E-state index in [9.17, 15) is 4.39 Å². The van der Waals surface area contributed by atoms with Gasteiger partial charge in [0.1, 0.15) is 0 Å². The first-order chi connectivity index (χ1) is 16.2. The number of hydrogen-bond acceptors (Lipinski definition) is 3. The third kappa shape index (κ3) is 4.44. The highest BCUT2D eigenvalue weighted by Crippen LogP contribution is 2.41. The first kappa shape index (κ1) is 22.2. The highest BCUT2D eigenvalue weighted by Gasteiger charge is 2.35. The molecule has 0 saturated carbocycles. The number of aromatic nitrogens is 1. The zero-order valence-electron chi connectivity index (χ0n) is 19.6. The van der Waals surface area contributed by atoms with E-state index >= 15 is 0 Å². The van der Waals surface area contributed by atoms with Crippen molar-refractivity contribution < 1.29 is 4.39 Å². The summed E-state index contributed by atoms with van der Waals surface area (Å²) in [7, 11) is 0. The number of alkyl halides is 1. The van der Waals surface area contributed by atoms with Crippen molar-refractivity contribution in [3.05, 3.63) is 78.0 Å². The molecular weight excluding hydrogens is 411 g/mol. The maximum atomic E-state index is 12.4. The largest absolute Gasteiger partial charge is 0.380 e. The van der Waals surface area contributed by atoms with Crippen LogP contribution in [-0.2, 0) is 6.42 Å². The first-order valence-corrected chi connectivity index (χ1v) is 12.3. The Kier molecular flexibility index (Phi) is 6.52. The zero-order valence-corrected chi connectivity index (χ0v) is 19.6. The van der Waals surface area contributed by atoms with Crippen molar-refractivity contribution in [2.45, 2.75) is 44.3 Å². The van der Waals surface area contributed by atoms with Crippen LogP contribution in [0.3, 0.4) is 0 Å². The monoisotopic (exact) mass is 446 g/mol. The van der Waals surface area contributed by atoms with Gasteiger partial charge in [-0.3, -0.25) is 14.2 Å². The van der Waals surface area contributed by atoms with Crippen molar-refractivity contribution in [1.29, 1.82) is 0 Å². The van der Waals surface area contributed by atoms with Gasteiger partial charge in [-0.2, -0.15) is 0 Å². The third-order valence-electron chi connectivity index (χ3n) is 7.27. The molecule has 2 aliphatic heterocycles. The number of hydrogen-bond donors (Lipinski definition) is 2. The Morgan fingerprint density at radius 3 is 2.67 bits per heavy atom. The number of aromatic amines is 1. The van der Waals surface area contributed by atoms with E-state index in [2.05, 4.69) is 82.1 Å². The van der Waals surface area contributed by atoms with Crippen molar-refractivity contribution >= 4 is 16.6 Å². The summed E-state index contributed by atoms with van der Waals surface area (Å²) in [6, 6.07) is 18.8. The van der Waals surface area contributed by atoms with Gasteiger partial charge >= 0.3 is 0 Å². The molecule has 3 aromatic rings. The van der Waals surface area contributed by atoms with E-state index in [-0.39, 0.29) is 12.7 Å². The topological polar surface area (TPSA) is 34.3 Å². The van der Waals surface area contributed by atoms with E-state index in [4.69, 9.17) is 0 Å². The summed E-state index contributed by atoms with van der Waals surface area (Å²) < 4.78 is 12.4. The minimum absolute atomic E-state index is 0.213. The predicted octanol–water partition coefficient (Wildman–Crippen LogP) is 5.54. The molecule has 0 amide bonds. The van der Waals surface area contributed by atoms with Gasteiger partial charge in [0.05, 0.1) is 18.8 Å². The summed E-state index contributed by atoms with van der Waals surface area (Å²) >= 11 is 0. The molecule has 0 aliphatic carbocycles. The highest BCUT2D eigenvalue weighted by molar-refractivity contribution is 5.85. The molecule has 1 aromatic heterocycles. The molecule has 0 unspecified atom stereocenters. The van der Waals surface area contributed by atoms with Crippen LogP contribution in [0, 0.1) is 0 Å². The molecule has 2 aromatic carbocycles. The van der Waals surface area contributed by atoms with Gasteiger partial charge in [-0.1, -0.05) is 36.4 Å². The summed E-state index contributed by atoms with van der Waals surface area (Å²) in [5.41, 5.74) is 6.50. The zero-order chi connectivity index (χ0) is 22.8. The third-order valence-corrected chi connectivity index (χ3v) is 7.27. The smallest absolute Gasteiger partial charge is 0.0906 e. The molecule has 0 radical (unpaired) electrons. The normalized spacial score (nSPS) is 21.6. The number of anilines is 1. The van der Waals surface area contributed by atoms with Crippen LogP contribution < -0.4 is 5.32 Å². The molecule has 1 fully saturated rings. The first-order valence-electron chi connectivity index (χ1n) is 12.3. The van der Waals surface area contributed by atoms with Crippen LogP contribution >= 0.6 is 0 Å². The Hall–Kier alpha value is -2.63. The van der Waals surface area contributed by atoms with E-state index < -0.39 is 0 Å². The molecule has 3 heterocycles. The van der Waals surface area contributed by atoms with Crippen LogP contribution in [0.5, 0.6) is 0 Å². The standard InChI is InChI=1S/C28H35FN4/c1-3-4-16-33-20(2)17-25-24-8-5-6-9-26(24)31-27(25)28(33)21-10-12-22(13-11-21)30-23-18-32(19-23)15-7-14-29/h3,5-6,8-13,20,23,28,30-31H,1,4,7,14-19H2,2H3/t20-,28-/m1/s1. The summed E-state index contributed by atoms with van der Waals surface area (Å²) in [5.74, 6) is 0. The predicted molar refractivity (Wildman–Crippen MR) is 136 cm³/mol. The molecule has 5 rings (SSSR count). The molecule has 2 N–H and O–H groups in total. The number of rotatable bonds is 9. The molecule has 2 aliphatic rings. The quantitative estimate of drug-likeness (QED) is 0.424. The van der Waals surface area contributed by atoms with Gasteiger partial charge in [0.15, 0.2) is 0 Å². The average molecular weight is 447 g/mol. The molecule has 174 valence electrons. The second kappa shape index (κ2) is 9.70. The van der Waals surface area contributed by atoms with Crippen LogP contribution in [0.2, 0.25) is 0 Å². The molecule has 33 heavy (non-hydrogen) atoms. The number of likely N-dealkylation sites (tertiary alicyclic amines) is 1. The van der Waals surface area contributed by atoms with Gasteiger partial charge in [0.25, 0.3) is 0 Å². The van der Waals surface area contributed by atoms with E-state index in [1.165, 1.54) is 27.7 Å². The van der Waals surface area contributed by atoms with Gasteiger partial charge in [0.2, 0.25) is 0 Å². The van der Waals surface area contributed by atoms with Crippen molar-refractivity contribution in [2.24, 2.45) is 0 Å². The molecular formula is C28H35FN4. The molecule has 2 atom stereocenters. The number of nitrogens with zero attached hydrogens (tertiary/aromatic N) is 2. The molecule has 5 heteroatoms. The Balaban J connectivity index is 1.38. The van der Waals surface area contributed by atoms with Gasteiger partial charge in [-0.25, -0.2) is 0 Å². The average Bonchev–Trinajstić information content (AvgIpc) is 3.17. The summed E-state index contributed by atoms with van der Waals surface area (Å²) in [6.45, 7) is 9.94. The van der Waals surface area contributed by atoms with Crippen LogP contribution in [0.25, 0.3) is 10.9 Å². The van der Waals surface area contributed by atoms with Crippen LogP contribution in [0.15, 0.2) is 61.2 Å². The maximum Gasteiger partial charge on any atom is 0.0906 e. The second-order valence-corrected chi connectivity index (χ2v) is 9.60. The van der Waals surface area contributed by atoms with Gasteiger partial charge in [-0.15, -0.1) is 6.58 Å². The summed E-state index contributed by atoms with van der Waals surface area (Å²) in [5, 5.41) is 4.99. The lowest BCUT2D eigenvalue weighted by molar-refractivity contribution is 0.152. The fourth-order valence-electron chi connectivity index (χ4n) is 5.58. The Morgan fingerprint density at radius 2 is 1.91 bits per heavy atom. The van der Waals surface area contributed by atoms with Crippen LogP contribution in [0.1, 0.15) is 42.6 Å².